The molecule has 1 unspecified atom stereocenters. The zero-order chi connectivity index (χ0) is 15.9. The van der Waals surface area contributed by atoms with Gasteiger partial charge in [0.1, 0.15) is 11.7 Å². The second-order valence-electron chi connectivity index (χ2n) is 5.49. The lowest BCUT2D eigenvalue weighted by Crippen LogP contribution is -2.57. The van der Waals surface area contributed by atoms with Crippen LogP contribution >= 0.6 is 11.3 Å². The molecule has 0 saturated carbocycles. The van der Waals surface area contributed by atoms with Gasteiger partial charge in [0, 0.05) is 6.54 Å². The molecule has 1 aromatic carbocycles. The van der Waals surface area contributed by atoms with Crippen molar-refractivity contribution in [2.45, 2.75) is 26.3 Å². The van der Waals surface area contributed by atoms with Gasteiger partial charge in [-0.2, -0.15) is 0 Å². The summed E-state index contributed by atoms with van der Waals surface area (Å²) < 4.78 is 0. The van der Waals surface area contributed by atoms with Gasteiger partial charge in [-0.25, -0.2) is 4.98 Å². The first-order valence-electron chi connectivity index (χ1n) is 7.12. The highest BCUT2D eigenvalue weighted by atomic mass is 32.1. The number of likely N-dealkylation sites (tertiary alicyclic amines) is 1. The van der Waals surface area contributed by atoms with Crippen LogP contribution in [-0.4, -0.2) is 34.3 Å². The number of thiazole rings is 1. The van der Waals surface area contributed by atoms with E-state index in [1.165, 1.54) is 16.2 Å². The second-order valence-corrected chi connectivity index (χ2v) is 6.69. The molecule has 2 amide bonds. The number of carbonyl (C=O) groups is 2. The van der Waals surface area contributed by atoms with Crippen molar-refractivity contribution in [2.24, 2.45) is 5.73 Å². The van der Waals surface area contributed by atoms with Crippen molar-refractivity contribution in [3.8, 4) is 10.4 Å². The molecule has 2 heterocycles. The molecular formula is C16H17N3O2S. The maximum atomic E-state index is 12.7. The minimum Gasteiger partial charge on any atom is -0.368 e. The molecule has 0 aliphatic carbocycles. The fourth-order valence-corrected chi connectivity index (χ4v) is 3.52. The fraction of sp³-hybridized carbons (Fsp3) is 0.312. The Labute approximate surface area is 132 Å². The Kier molecular flexibility index (Phi) is 3.70. The van der Waals surface area contributed by atoms with Crippen molar-refractivity contribution in [1.82, 2.24) is 9.88 Å². The minimum absolute atomic E-state index is 0.212. The molecule has 2 N–H and O–H groups in total. The molecule has 1 atom stereocenters. The quantitative estimate of drug-likeness (QED) is 0.942. The van der Waals surface area contributed by atoms with Crippen LogP contribution in [0.5, 0.6) is 0 Å². The number of primary amides is 1. The third-order valence-corrected chi connectivity index (χ3v) is 4.85. The van der Waals surface area contributed by atoms with Crippen molar-refractivity contribution < 1.29 is 9.59 Å². The first kappa shape index (κ1) is 14.7. The molecule has 0 radical (unpaired) electrons. The average Bonchev–Trinajstić information content (AvgIpc) is 2.79. The third-order valence-electron chi connectivity index (χ3n) is 3.83. The number of aromatic nitrogens is 1. The van der Waals surface area contributed by atoms with E-state index in [-0.39, 0.29) is 5.91 Å². The number of nitrogens with two attached hydrogens (primary N) is 1. The number of aryl methyl sites for hydroxylation is 2. The first-order valence-corrected chi connectivity index (χ1v) is 7.94. The largest absolute Gasteiger partial charge is 0.368 e. The highest BCUT2D eigenvalue weighted by Gasteiger charge is 2.38. The standard InChI is InChI=1S/C16H17N3O2S/c1-9-4-3-5-11(8-9)14-13(18-10(2)22-14)16(21)19-7-6-12(19)15(17)20/h3-5,8,12H,6-7H2,1-2H3,(H2,17,20). The number of amides is 2. The summed E-state index contributed by atoms with van der Waals surface area (Å²) >= 11 is 1.49. The summed E-state index contributed by atoms with van der Waals surface area (Å²) in [4.78, 5) is 30.8. The average molecular weight is 315 g/mol. The van der Waals surface area contributed by atoms with Crippen LogP contribution in [0.1, 0.15) is 27.5 Å². The monoisotopic (exact) mass is 315 g/mol. The minimum atomic E-state index is -0.500. The molecule has 1 saturated heterocycles. The second kappa shape index (κ2) is 5.53. The Morgan fingerprint density at radius 2 is 2.14 bits per heavy atom. The molecule has 0 spiro atoms. The summed E-state index contributed by atoms with van der Waals surface area (Å²) in [6.45, 7) is 4.44. The normalized spacial score (nSPS) is 17.2. The SMILES string of the molecule is Cc1cccc(-c2sc(C)nc2C(=O)N2CCC2C(N)=O)c1. The Morgan fingerprint density at radius 3 is 2.73 bits per heavy atom. The summed E-state index contributed by atoms with van der Waals surface area (Å²) in [7, 11) is 0. The summed E-state index contributed by atoms with van der Waals surface area (Å²) in [5.74, 6) is -0.667. The summed E-state index contributed by atoms with van der Waals surface area (Å²) in [6, 6.07) is 7.48. The Balaban J connectivity index is 1.98. The number of nitrogens with zero attached hydrogens (tertiary/aromatic N) is 2. The highest BCUT2D eigenvalue weighted by Crippen LogP contribution is 2.33. The number of hydrogen-bond acceptors (Lipinski definition) is 4. The van der Waals surface area contributed by atoms with Gasteiger partial charge in [-0.3, -0.25) is 9.59 Å². The Bertz CT molecular complexity index is 754. The summed E-state index contributed by atoms with van der Waals surface area (Å²) in [6.07, 6.45) is 0.629. The van der Waals surface area contributed by atoms with E-state index in [0.29, 0.717) is 18.7 Å². The summed E-state index contributed by atoms with van der Waals surface area (Å²) in [5, 5.41) is 0.830. The van der Waals surface area contributed by atoms with Gasteiger partial charge in [-0.1, -0.05) is 29.8 Å². The molecule has 0 bridgehead atoms. The van der Waals surface area contributed by atoms with Gasteiger partial charge in [-0.05, 0) is 25.8 Å². The van der Waals surface area contributed by atoms with Crippen LogP contribution in [-0.2, 0) is 4.79 Å². The van der Waals surface area contributed by atoms with Gasteiger partial charge in [-0.15, -0.1) is 11.3 Å². The van der Waals surface area contributed by atoms with Crippen LogP contribution < -0.4 is 5.73 Å². The van der Waals surface area contributed by atoms with Crippen molar-refractivity contribution in [3.05, 3.63) is 40.5 Å². The molecule has 2 aromatic rings. The summed E-state index contributed by atoms with van der Waals surface area (Å²) in [5.41, 5.74) is 7.85. The van der Waals surface area contributed by atoms with Crippen molar-refractivity contribution in [1.29, 1.82) is 0 Å². The first-order chi connectivity index (χ1) is 10.5. The van der Waals surface area contributed by atoms with Crippen LogP contribution in [0.2, 0.25) is 0 Å². The van der Waals surface area contributed by atoms with Crippen molar-refractivity contribution in [3.63, 3.8) is 0 Å². The van der Waals surface area contributed by atoms with E-state index in [2.05, 4.69) is 4.98 Å². The van der Waals surface area contributed by atoms with Crippen LogP contribution in [0.15, 0.2) is 24.3 Å². The molecule has 1 aromatic heterocycles. The third kappa shape index (κ3) is 2.50. The van der Waals surface area contributed by atoms with E-state index >= 15 is 0 Å². The zero-order valence-electron chi connectivity index (χ0n) is 12.5. The number of rotatable bonds is 3. The fourth-order valence-electron chi connectivity index (χ4n) is 2.62. The molecule has 1 fully saturated rings. The molecule has 114 valence electrons. The molecule has 5 nitrogen and oxygen atoms in total. The molecule has 22 heavy (non-hydrogen) atoms. The van der Waals surface area contributed by atoms with E-state index in [1.54, 1.807) is 0 Å². The maximum Gasteiger partial charge on any atom is 0.274 e. The van der Waals surface area contributed by atoms with Crippen LogP contribution in [0.4, 0.5) is 0 Å². The Hall–Kier alpha value is -2.21. The highest BCUT2D eigenvalue weighted by molar-refractivity contribution is 7.15. The van der Waals surface area contributed by atoms with Crippen LogP contribution in [0.25, 0.3) is 10.4 Å². The Morgan fingerprint density at radius 1 is 1.36 bits per heavy atom. The van der Waals surface area contributed by atoms with E-state index in [1.807, 2.05) is 38.1 Å². The molecular weight excluding hydrogens is 298 g/mol. The molecule has 1 aliphatic heterocycles. The van der Waals surface area contributed by atoms with Crippen LogP contribution in [0.3, 0.4) is 0 Å². The van der Waals surface area contributed by atoms with E-state index < -0.39 is 11.9 Å². The lowest BCUT2D eigenvalue weighted by molar-refractivity contribution is -0.125. The zero-order valence-corrected chi connectivity index (χ0v) is 13.3. The van der Waals surface area contributed by atoms with E-state index in [9.17, 15) is 9.59 Å². The van der Waals surface area contributed by atoms with E-state index in [0.717, 1.165) is 21.0 Å². The lowest BCUT2D eigenvalue weighted by Gasteiger charge is -2.38. The van der Waals surface area contributed by atoms with Gasteiger partial charge in [0.05, 0.1) is 9.88 Å². The van der Waals surface area contributed by atoms with Gasteiger partial charge in [0.15, 0.2) is 0 Å². The van der Waals surface area contributed by atoms with E-state index in [4.69, 9.17) is 5.73 Å². The predicted octanol–water partition coefficient (Wildman–Crippen LogP) is 2.13. The predicted molar refractivity (Wildman–Crippen MR) is 85.7 cm³/mol. The van der Waals surface area contributed by atoms with Gasteiger partial charge in [0.25, 0.3) is 5.91 Å². The topological polar surface area (TPSA) is 76.3 Å². The number of benzene rings is 1. The lowest BCUT2D eigenvalue weighted by atomic mass is 10.0. The van der Waals surface area contributed by atoms with Crippen molar-refractivity contribution >= 4 is 23.2 Å². The number of hydrogen-bond donors (Lipinski definition) is 1. The molecule has 6 heteroatoms. The number of carbonyl (C=O) groups excluding carboxylic acids is 2. The van der Waals surface area contributed by atoms with Gasteiger partial charge in [0.2, 0.25) is 5.91 Å². The smallest absolute Gasteiger partial charge is 0.274 e. The molecule has 1 aliphatic rings. The molecule has 3 rings (SSSR count). The van der Waals surface area contributed by atoms with Crippen molar-refractivity contribution in [2.75, 3.05) is 6.54 Å². The van der Waals surface area contributed by atoms with Crippen LogP contribution in [0, 0.1) is 13.8 Å². The maximum absolute atomic E-state index is 12.7. The van der Waals surface area contributed by atoms with Gasteiger partial charge < -0.3 is 10.6 Å². The van der Waals surface area contributed by atoms with Gasteiger partial charge >= 0.3 is 0 Å².